The van der Waals surface area contributed by atoms with Crippen LogP contribution in [-0.4, -0.2) is 29.8 Å². The van der Waals surface area contributed by atoms with Crippen molar-refractivity contribution < 1.29 is 34.4 Å². The molecule has 0 bridgehead atoms. The van der Waals surface area contributed by atoms with E-state index in [1.807, 2.05) is 0 Å². The van der Waals surface area contributed by atoms with Gasteiger partial charge in [0, 0.05) is 24.0 Å². The Hall–Kier alpha value is -1.63. The molecule has 0 saturated carbocycles. The maximum atomic E-state index is 9.87. The number of ether oxygens (including phenoxy) is 1. The Bertz CT molecular complexity index is 758. The van der Waals surface area contributed by atoms with Crippen LogP contribution in [0.15, 0.2) is 60.7 Å². The fraction of sp³-hybridized carbons (Fsp3) is 0.400. The molecular weight excluding hydrogens is 415 g/mol. The smallest absolute Gasteiger partial charge is 0.105 e. The second-order valence-electron chi connectivity index (χ2n) is 8.01. The van der Waals surface area contributed by atoms with Crippen molar-refractivity contribution in [2.24, 2.45) is 0 Å². The topological polar surface area (TPSA) is 12.5 Å². The van der Waals surface area contributed by atoms with Crippen LogP contribution in [-0.2, 0) is 17.8 Å². The van der Waals surface area contributed by atoms with Gasteiger partial charge in [0.1, 0.15) is 18.7 Å². The molecule has 0 radical (unpaired) electrons. The first-order valence-electron chi connectivity index (χ1n) is 9.36. The number of piperidine rings is 1. The zero-order valence-electron chi connectivity index (χ0n) is 15.8. The maximum absolute atomic E-state index is 10.7. The van der Waals surface area contributed by atoms with Crippen molar-refractivity contribution in [2.75, 3.05) is 19.7 Å². The van der Waals surface area contributed by atoms with Crippen molar-refractivity contribution in [1.82, 2.24) is 0 Å². The van der Waals surface area contributed by atoms with Crippen LogP contribution in [0.25, 0.3) is 0 Å². The van der Waals surface area contributed by atoms with Gasteiger partial charge in [-0.2, -0.15) is 0 Å². The molecule has 0 aliphatic carbocycles. The summed E-state index contributed by atoms with van der Waals surface area (Å²) >= 11 is 0. The number of hydrogen-bond acceptors (Lipinski definition) is 1. The van der Waals surface area contributed by atoms with Gasteiger partial charge < -0.3 is 9.22 Å². The third-order valence-corrected chi connectivity index (χ3v) is 5.36. The molecule has 2 aliphatic rings. The first-order chi connectivity index (χ1) is 13.2. The summed E-state index contributed by atoms with van der Waals surface area (Å²) in [5, 5.41) is 0. The molecule has 2 aromatic carbocycles. The molecule has 0 N–H and O–H groups in total. The molecule has 0 amide bonds. The third-order valence-electron chi connectivity index (χ3n) is 5.36. The number of epoxide rings is 1. The monoisotopic (exact) mass is 439 g/mol. The van der Waals surface area contributed by atoms with Crippen LogP contribution in [0.5, 0.6) is 0 Å². The standard InChI is InChI=1S/C20H24NO.F6P/c1-3-7-18(8-4-1)15-21(16-19-9-5-2-6-10-19)13-11-20(12-14-21)17-22-20;1-7(2,3,4,5)6/h1-10H,11-17H2;/q+1;-1. The Kier molecular flexibility index (Phi) is 5.30. The summed E-state index contributed by atoms with van der Waals surface area (Å²) in [5.74, 6) is 0. The number of benzene rings is 2. The fourth-order valence-electron chi connectivity index (χ4n) is 3.82. The number of quaternary nitrogens is 1. The Balaban J connectivity index is 0.000000298. The minimum Gasteiger partial charge on any atom is -0.369 e. The Morgan fingerprint density at radius 3 is 1.38 bits per heavy atom. The van der Waals surface area contributed by atoms with Gasteiger partial charge in [-0.1, -0.05) is 60.7 Å². The van der Waals surface area contributed by atoms with Crippen molar-refractivity contribution in [2.45, 2.75) is 31.5 Å². The van der Waals surface area contributed by atoms with Gasteiger partial charge in [-0.3, -0.25) is 0 Å². The predicted octanol–water partition coefficient (Wildman–Crippen LogP) is 7.15. The van der Waals surface area contributed by atoms with E-state index in [2.05, 4.69) is 60.7 Å². The van der Waals surface area contributed by atoms with Crippen LogP contribution in [0.2, 0.25) is 0 Å². The molecule has 162 valence electrons. The molecule has 0 aromatic heterocycles. The van der Waals surface area contributed by atoms with Crippen molar-refractivity contribution in [3.8, 4) is 0 Å². The van der Waals surface area contributed by atoms with E-state index in [1.54, 1.807) is 0 Å². The first kappa shape index (κ1) is 22.1. The van der Waals surface area contributed by atoms with Crippen LogP contribution >= 0.6 is 7.81 Å². The van der Waals surface area contributed by atoms with E-state index >= 15 is 0 Å². The number of hydrogen-bond donors (Lipinski definition) is 0. The molecule has 0 unspecified atom stereocenters. The predicted molar refractivity (Wildman–Crippen MR) is 102 cm³/mol. The van der Waals surface area contributed by atoms with Gasteiger partial charge in [0.2, 0.25) is 0 Å². The van der Waals surface area contributed by atoms with E-state index in [-0.39, 0.29) is 5.60 Å². The summed E-state index contributed by atoms with van der Waals surface area (Å²) in [4.78, 5) is 0. The minimum atomic E-state index is -10.7. The molecule has 2 nitrogen and oxygen atoms in total. The normalized spacial score (nSPS) is 22.0. The van der Waals surface area contributed by atoms with Crippen molar-refractivity contribution in [1.29, 1.82) is 0 Å². The van der Waals surface area contributed by atoms with Crippen molar-refractivity contribution >= 4 is 7.81 Å². The number of halogens is 6. The van der Waals surface area contributed by atoms with Crippen molar-refractivity contribution in [3.05, 3.63) is 71.8 Å². The zero-order chi connectivity index (χ0) is 21.3. The molecule has 4 rings (SSSR count). The van der Waals surface area contributed by atoms with Crippen LogP contribution in [0.3, 0.4) is 0 Å². The number of nitrogens with zero attached hydrogens (tertiary/aromatic N) is 1. The summed E-state index contributed by atoms with van der Waals surface area (Å²) in [6, 6.07) is 21.9. The quantitative estimate of drug-likeness (QED) is 0.213. The SMILES string of the molecule is F[P-](F)(F)(F)(F)F.c1ccc(C[N+]2(Cc3ccccc3)CCC3(CC2)CO3)cc1. The van der Waals surface area contributed by atoms with E-state index in [4.69, 9.17) is 4.74 Å². The Morgan fingerprint density at radius 2 is 1.07 bits per heavy atom. The van der Waals surface area contributed by atoms with Crippen LogP contribution < -0.4 is 0 Å². The first-order valence-corrected chi connectivity index (χ1v) is 11.4. The number of likely N-dealkylation sites (tertiary alicyclic amines) is 1. The minimum absolute atomic E-state index is 0.259. The van der Waals surface area contributed by atoms with Crippen molar-refractivity contribution in [3.63, 3.8) is 0 Å². The fourth-order valence-corrected chi connectivity index (χ4v) is 3.82. The molecule has 2 fully saturated rings. The molecule has 2 saturated heterocycles. The summed E-state index contributed by atoms with van der Waals surface area (Å²) in [6.45, 7) is 5.70. The average molecular weight is 439 g/mol. The maximum Gasteiger partial charge on any atom is 0.105 e. The van der Waals surface area contributed by atoms with Gasteiger partial charge >= 0.3 is 33.0 Å². The van der Waals surface area contributed by atoms with E-state index in [0.717, 1.165) is 19.7 Å². The third kappa shape index (κ3) is 8.33. The number of rotatable bonds is 4. The zero-order valence-corrected chi connectivity index (χ0v) is 16.7. The Labute approximate surface area is 165 Å². The van der Waals surface area contributed by atoms with Crippen LogP contribution in [0.1, 0.15) is 24.0 Å². The van der Waals surface area contributed by atoms with E-state index < -0.39 is 7.81 Å². The second kappa shape index (κ2) is 6.96. The molecule has 9 heteroatoms. The van der Waals surface area contributed by atoms with Gasteiger partial charge in [-0.05, 0) is 0 Å². The van der Waals surface area contributed by atoms with Gasteiger partial charge in [0.25, 0.3) is 0 Å². The molecular formula is C20H24F6NOP. The molecule has 29 heavy (non-hydrogen) atoms. The molecule has 2 aliphatic heterocycles. The van der Waals surface area contributed by atoms with Gasteiger partial charge in [0.05, 0.1) is 19.7 Å². The summed E-state index contributed by atoms with van der Waals surface area (Å²) in [6.07, 6.45) is 2.43. The molecule has 1 spiro atoms. The van der Waals surface area contributed by atoms with Gasteiger partial charge in [-0.15, -0.1) is 0 Å². The molecule has 0 atom stereocenters. The summed E-state index contributed by atoms with van der Waals surface area (Å²) in [7, 11) is -10.7. The molecule has 2 heterocycles. The largest absolute Gasteiger partial charge is 0.369 e. The summed E-state index contributed by atoms with van der Waals surface area (Å²) < 4.78 is 66.1. The van der Waals surface area contributed by atoms with E-state index in [1.165, 1.54) is 41.5 Å². The van der Waals surface area contributed by atoms with Crippen LogP contribution in [0, 0.1) is 0 Å². The summed E-state index contributed by atoms with van der Waals surface area (Å²) in [5.41, 5.74) is 3.16. The van der Waals surface area contributed by atoms with Gasteiger partial charge in [0.15, 0.2) is 0 Å². The van der Waals surface area contributed by atoms with E-state index in [9.17, 15) is 25.2 Å². The Morgan fingerprint density at radius 1 is 0.724 bits per heavy atom. The van der Waals surface area contributed by atoms with Crippen LogP contribution in [0.4, 0.5) is 25.2 Å². The second-order valence-corrected chi connectivity index (χ2v) is 9.92. The average Bonchev–Trinajstić information content (AvgIpc) is 3.37. The van der Waals surface area contributed by atoms with E-state index in [0.29, 0.717) is 0 Å². The van der Waals surface area contributed by atoms with Gasteiger partial charge in [-0.25, -0.2) is 0 Å². The molecule has 2 aromatic rings.